The molecule has 0 aliphatic heterocycles. The summed E-state index contributed by atoms with van der Waals surface area (Å²) in [7, 11) is 0. The van der Waals surface area contributed by atoms with Gasteiger partial charge in [0.25, 0.3) is 5.91 Å². The van der Waals surface area contributed by atoms with Crippen LogP contribution in [0.5, 0.6) is 0 Å². The number of nitrogens with one attached hydrogen (secondary N) is 2. The van der Waals surface area contributed by atoms with Crippen LogP contribution in [0.4, 0.5) is 10.5 Å². The van der Waals surface area contributed by atoms with Crippen LogP contribution in [0.3, 0.4) is 0 Å². The van der Waals surface area contributed by atoms with E-state index in [1.54, 1.807) is 24.3 Å². The first-order valence-corrected chi connectivity index (χ1v) is 7.53. The fourth-order valence-corrected chi connectivity index (χ4v) is 2.35. The Kier molecular flexibility index (Phi) is 5.55. The lowest BCUT2D eigenvalue weighted by Crippen LogP contribution is -2.40. The smallest absolute Gasteiger partial charge is 0.321 e. The second-order valence-corrected chi connectivity index (χ2v) is 5.53. The lowest BCUT2D eigenvalue weighted by atomic mass is 10.1. The largest absolute Gasteiger partial charge is 0.399 e. The van der Waals surface area contributed by atoms with Crippen molar-refractivity contribution in [2.45, 2.75) is 6.42 Å². The van der Waals surface area contributed by atoms with Crippen molar-refractivity contribution in [1.82, 2.24) is 10.6 Å². The molecule has 0 bridgehead atoms. The highest BCUT2D eigenvalue weighted by Crippen LogP contribution is 2.15. The van der Waals surface area contributed by atoms with Gasteiger partial charge in [0.15, 0.2) is 0 Å². The van der Waals surface area contributed by atoms with Gasteiger partial charge >= 0.3 is 6.03 Å². The quantitative estimate of drug-likeness (QED) is 0.732. The second-order valence-electron chi connectivity index (χ2n) is 4.67. The number of hydrogen-bond donors (Lipinski definition) is 3. The monoisotopic (exact) mass is 361 g/mol. The van der Waals surface area contributed by atoms with E-state index in [1.165, 1.54) is 0 Å². The first-order chi connectivity index (χ1) is 10.6. The molecule has 0 unspecified atom stereocenters. The SMILES string of the molecule is Nc1ccc(C(=O)NC(=O)NCCc2ccccc2Br)cc1. The zero-order valence-corrected chi connectivity index (χ0v) is 13.4. The number of amides is 3. The van der Waals surface area contributed by atoms with Gasteiger partial charge < -0.3 is 11.1 Å². The third-order valence-electron chi connectivity index (χ3n) is 3.04. The van der Waals surface area contributed by atoms with E-state index in [1.807, 2.05) is 24.3 Å². The molecule has 0 fully saturated rings. The predicted octanol–water partition coefficient (Wildman–Crippen LogP) is 2.71. The zero-order chi connectivity index (χ0) is 15.9. The van der Waals surface area contributed by atoms with Crippen molar-refractivity contribution in [3.05, 3.63) is 64.1 Å². The second kappa shape index (κ2) is 7.61. The molecule has 5 nitrogen and oxygen atoms in total. The summed E-state index contributed by atoms with van der Waals surface area (Å²) in [6, 6.07) is 13.6. The van der Waals surface area contributed by atoms with Gasteiger partial charge in [-0.2, -0.15) is 0 Å². The summed E-state index contributed by atoms with van der Waals surface area (Å²) in [6.07, 6.45) is 0.672. The molecule has 0 aliphatic rings. The molecule has 22 heavy (non-hydrogen) atoms. The first-order valence-electron chi connectivity index (χ1n) is 6.74. The molecule has 4 N–H and O–H groups in total. The summed E-state index contributed by atoms with van der Waals surface area (Å²) < 4.78 is 0.996. The Balaban J connectivity index is 1.79. The van der Waals surface area contributed by atoms with Gasteiger partial charge in [0, 0.05) is 22.3 Å². The predicted molar refractivity (Wildman–Crippen MR) is 89.6 cm³/mol. The maximum atomic E-state index is 11.8. The van der Waals surface area contributed by atoms with Crippen molar-refractivity contribution < 1.29 is 9.59 Å². The van der Waals surface area contributed by atoms with Crippen molar-refractivity contribution in [1.29, 1.82) is 0 Å². The minimum absolute atomic E-state index is 0.384. The Morgan fingerprint density at radius 3 is 2.41 bits per heavy atom. The number of carbonyl (C=O) groups is 2. The van der Waals surface area contributed by atoms with Crippen molar-refractivity contribution in [2.24, 2.45) is 0 Å². The van der Waals surface area contributed by atoms with E-state index in [-0.39, 0.29) is 0 Å². The van der Waals surface area contributed by atoms with E-state index >= 15 is 0 Å². The summed E-state index contributed by atoms with van der Waals surface area (Å²) >= 11 is 3.45. The Labute approximate surface area is 137 Å². The lowest BCUT2D eigenvalue weighted by molar-refractivity contribution is 0.0964. The molecule has 2 aromatic carbocycles. The number of imide groups is 1. The molecule has 0 heterocycles. The molecule has 114 valence electrons. The highest BCUT2D eigenvalue weighted by molar-refractivity contribution is 9.10. The number of halogens is 1. The van der Waals surface area contributed by atoms with Gasteiger partial charge in [-0.05, 0) is 42.3 Å². The Morgan fingerprint density at radius 1 is 1.05 bits per heavy atom. The number of hydrogen-bond acceptors (Lipinski definition) is 3. The maximum Gasteiger partial charge on any atom is 0.321 e. The molecule has 0 aromatic heterocycles. The van der Waals surface area contributed by atoms with Gasteiger partial charge in [-0.3, -0.25) is 10.1 Å². The van der Waals surface area contributed by atoms with Crippen LogP contribution in [0.15, 0.2) is 53.0 Å². The molecule has 3 amide bonds. The number of urea groups is 1. The van der Waals surface area contributed by atoms with Crippen molar-refractivity contribution in [3.8, 4) is 0 Å². The molecule has 0 saturated carbocycles. The molecule has 0 aliphatic carbocycles. The van der Waals surface area contributed by atoms with E-state index < -0.39 is 11.9 Å². The van der Waals surface area contributed by atoms with E-state index in [0.717, 1.165) is 10.0 Å². The highest BCUT2D eigenvalue weighted by atomic mass is 79.9. The number of nitrogen functional groups attached to an aromatic ring is 1. The molecule has 0 saturated heterocycles. The van der Waals surface area contributed by atoms with Crippen molar-refractivity contribution >= 4 is 33.6 Å². The van der Waals surface area contributed by atoms with Crippen molar-refractivity contribution in [3.63, 3.8) is 0 Å². The molecule has 0 radical (unpaired) electrons. The third-order valence-corrected chi connectivity index (χ3v) is 3.81. The first kappa shape index (κ1) is 16.0. The van der Waals surface area contributed by atoms with E-state index in [0.29, 0.717) is 24.2 Å². The minimum Gasteiger partial charge on any atom is -0.399 e. The Bertz CT molecular complexity index is 671. The van der Waals surface area contributed by atoms with Crippen LogP contribution in [0, 0.1) is 0 Å². The fraction of sp³-hybridized carbons (Fsp3) is 0.125. The molecule has 2 rings (SSSR count). The molecular formula is C16H16BrN3O2. The van der Waals surface area contributed by atoms with Crippen LogP contribution in [0.1, 0.15) is 15.9 Å². The van der Waals surface area contributed by atoms with E-state index in [4.69, 9.17) is 5.73 Å². The van der Waals surface area contributed by atoms with Crippen LogP contribution >= 0.6 is 15.9 Å². The average Bonchev–Trinajstić information content (AvgIpc) is 2.50. The zero-order valence-electron chi connectivity index (χ0n) is 11.8. The van der Waals surface area contributed by atoms with Crippen LogP contribution in [0.2, 0.25) is 0 Å². The van der Waals surface area contributed by atoms with E-state index in [2.05, 4.69) is 26.6 Å². The Hall–Kier alpha value is -2.34. The fourth-order valence-electron chi connectivity index (χ4n) is 1.87. The van der Waals surface area contributed by atoms with Crippen LogP contribution in [-0.2, 0) is 6.42 Å². The minimum atomic E-state index is -0.520. The number of rotatable bonds is 4. The summed E-state index contributed by atoms with van der Waals surface area (Å²) in [5, 5.41) is 4.93. The Morgan fingerprint density at radius 2 is 1.73 bits per heavy atom. The van der Waals surface area contributed by atoms with Gasteiger partial charge in [0.05, 0.1) is 0 Å². The molecule has 0 spiro atoms. The van der Waals surface area contributed by atoms with Crippen LogP contribution in [0.25, 0.3) is 0 Å². The van der Waals surface area contributed by atoms with Crippen molar-refractivity contribution in [2.75, 3.05) is 12.3 Å². The summed E-state index contributed by atoms with van der Waals surface area (Å²) in [5.41, 5.74) is 7.59. The standard InChI is InChI=1S/C16H16BrN3O2/c17-14-4-2-1-3-11(14)9-10-19-16(22)20-15(21)12-5-7-13(18)8-6-12/h1-8H,9-10,18H2,(H2,19,20,21,22). The number of benzene rings is 2. The summed E-state index contributed by atoms with van der Waals surface area (Å²) in [6.45, 7) is 0.434. The molecule has 6 heteroatoms. The van der Waals surface area contributed by atoms with Gasteiger partial charge in [-0.25, -0.2) is 4.79 Å². The van der Waals surface area contributed by atoms with Gasteiger partial charge in [-0.15, -0.1) is 0 Å². The topological polar surface area (TPSA) is 84.2 Å². The van der Waals surface area contributed by atoms with Gasteiger partial charge in [-0.1, -0.05) is 34.1 Å². The van der Waals surface area contributed by atoms with Gasteiger partial charge in [0.1, 0.15) is 0 Å². The highest BCUT2D eigenvalue weighted by Gasteiger charge is 2.09. The number of anilines is 1. The van der Waals surface area contributed by atoms with Gasteiger partial charge in [0.2, 0.25) is 0 Å². The van der Waals surface area contributed by atoms with Crippen LogP contribution in [-0.4, -0.2) is 18.5 Å². The van der Waals surface area contributed by atoms with E-state index in [9.17, 15) is 9.59 Å². The normalized spacial score (nSPS) is 10.0. The molecule has 2 aromatic rings. The third kappa shape index (κ3) is 4.60. The summed E-state index contributed by atoms with van der Waals surface area (Å²) in [4.78, 5) is 23.5. The molecule has 0 atom stereocenters. The number of nitrogens with two attached hydrogens (primary N) is 1. The number of carbonyl (C=O) groups excluding carboxylic acids is 2. The summed E-state index contributed by atoms with van der Waals surface area (Å²) in [5.74, 6) is -0.460. The average molecular weight is 362 g/mol. The maximum absolute atomic E-state index is 11.8. The molecular weight excluding hydrogens is 346 g/mol. The lowest BCUT2D eigenvalue weighted by Gasteiger charge is -2.08. The van der Waals surface area contributed by atoms with Crippen LogP contribution < -0.4 is 16.4 Å².